The van der Waals surface area contributed by atoms with Crippen molar-refractivity contribution in [2.45, 2.75) is 19.3 Å². The average molecular weight is 358 g/mol. The van der Waals surface area contributed by atoms with Crippen LogP contribution in [0.5, 0.6) is 5.75 Å². The molecule has 0 aliphatic carbocycles. The predicted molar refractivity (Wildman–Crippen MR) is 108 cm³/mol. The molecule has 0 spiro atoms. The molecule has 136 valence electrons. The lowest BCUT2D eigenvalue weighted by atomic mass is 9.89. The number of ether oxygens (including phenoxy) is 1. The summed E-state index contributed by atoms with van der Waals surface area (Å²) < 4.78 is 5.31. The molecule has 0 saturated heterocycles. The smallest absolute Gasteiger partial charge is 0.164 e. The number of aldehydes is 1. The second kappa shape index (κ2) is 8.45. The number of benzene rings is 3. The summed E-state index contributed by atoms with van der Waals surface area (Å²) in [5.41, 5.74) is 2.31. The lowest BCUT2D eigenvalue weighted by Crippen LogP contribution is -2.07. The highest BCUT2D eigenvalue weighted by Gasteiger charge is 2.17. The third kappa shape index (κ3) is 4.32. The molecule has 3 nitrogen and oxygen atoms in total. The van der Waals surface area contributed by atoms with Crippen molar-refractivity contribution < 1.29 is 14.3 Å². The molecular formula is C24H22O3. The molecule has 0 amide bonds. The summed E-state index contributed by atoms with van der Waals surface area (Å²) in [7, 11) is 1.62. The van der Waals surface area contributed by atoms with E-state index in [0.29, 0.717) is 17.6 Å². The van der Waals surface area contributed by atoms with E-state index in [9.17, 15) is 9.59 Å². The second-order valence-electron chi connectivity index (χ2n) is 6.57. The minimum atomic E-state index is -0.148. The summed E-state index contributed by atoms with van der Waals surface area (Å²) in [6.45, 7) is 1.76. The zero-order valence-electron chi connectivity index (χ0n) is 15.5. The average Bonchev–Trinajstić information content (AvgIpc) is 2.72. The highest BCUT2D eigenvalue weighted by molar-refractivity contribution is 6.08. The number of hydrogen-bond acceptors (Lipinski definition) is 3. The van der Waals surface area contributed by atoms with Gasteiger partial charge in [-0.1, -0.05) is 60.7 Å². The Balaban J connectivity index is 1.99. The van der Waals surface area contributed by atoms with E-state index >= 15 is 0 Å². The third-order valence-corrected chi connectivity index (χ3v) is 4.67. The molecule has 0 saturated carbocycles. The first-order chi connectivity index (χ1) is 13.1. The van der Waals surface area contributed by atoms with Gasteiger partial charge in [0.25, 0.3) is 0 Å². The van der Waals surface area contributed by atoms with E-state index in [-0.39, 0.29) is 11.7 Å². The van der Waals surface area contributed by atoms with Crippen LogP contribution < -0.4 is 4.74 Å². The van der Waals surface area contributed by atoms with Crippen molar-refractivity contribution in [3.05, 3.63) is 89.5 Å². The maximum absolute atomic E-state index is 13.2. The van der Waals surface area contributed by atoms with Crippen molar-refractivity contribution in [2.75, 3.05) is 7.11 Å². The largest absolute Gasteiger partial charge is 0.497 e. The Kier molecular flexibility index (Phi) is 5.82. The molecule has 0 radical (unpaired) electrons. The summed E-state index contributed by atoms with van der Waals surface area (Å²) >= 11 is 0. The second-order valence-corrected chi connectivity index (χ2v) is 6.57. The van der Waals surface area contributed by atoms with Crippen molar-refractivity contribution in [2.24, 2.45) is 0 Å². The van der Waals surface area contributed by atoms with E-state index < -0.39 is 0 Å². The molecule has 3 rings (SSSR count). The topological polar surface area (TPSA) is 43.4 Å². The van der Waals surface area contributed by atoms with Crippen LogP contribution in [0.4, 0.5) is 0 Å². The Morgan fingerprint density at radius 1 is 1.04 bits per heavy atom. The molecule has 3 heteroatoms. The Bertz CT molecular complexity index is 987. The van der Waals surface area contributed by atoms with Gasteiger partial charge >= 0.3 is 0 Å². The van der Waals surface area contributed by atoms with E-state index in [0.717, 1.165) is 28.4 Å². The van der Waals surface area contributed by atoms with Crippen molar-refractivity contribution in [1.29, 1.82) is 0 Å². The van der Waals surface area contributed by atoms with E-state index in [2.05, 4.69) is 0 Å². The number of carbonyl (C=O) groups is 2. The van der Waals surface area contributed by atoms with Crippen molar-refractivity contribution >= 4 is 22.8 Å². The van der Waals surface area contributed by atoms with Crippen LogP contribution in [-0.2, 0) is 4.79 Å². The first-order valence-electron chi connectivity index (χ1n) is 8.91. The van der Waals surface area contributed by atoms with Crippen LogP contribution in [0.2, 0.25) is 0 Å². The molecule has 0 heterocycles. The standard InChI is InChI=1S/C24H22O3/c1-17(16-25)13-20(18-7-4-3-5-8-18)14-24(26)22-10-6-9-19-11-12-21(27-2)15-23(19)22/h3-13,15-16,20H,14H2,1-2H3. The summed E-state index contributed by atoms with van der Waals surface area (Å²) in [5.74, 6) is 0.612. The summed E-state index contributed by atoms with van der Waals surface area (Å²) in [6, 6.07) is 21.3. The number of methoxy groups -OCH3 is 1. The maximum atomic E-state index is 13.2. The number of carbonyl (C=O) groups excluding carboxylic acids is 2. The molecule has 0 aliphatic rings. The van der Waals surface area contributed by atoms with Gasteiger partial charge in [-0.05, 0) is 41.0 Å². The molecular weight excluding hydrogens is 336 g/mol. The molecule has 0 N–H and O–H groups in total. The van der Waals surface area contributed by atoms with E-state index in [1.165, 1.54) is 0 Å². The molecule has 0 aromatic heterocycles. The Morgan fingerprint density at radius 2 is 1.81 bits per heavy atom. The number of Topliss-reactive ketones (excluding diaryl/α,β-unsaturated/α-hetero) is 1. The Labute approximate surface area is 159 Å². The lowest BCUT2D eigenvalue weighted by molar-refractivity contribution is -0.104. The summed E-state index contributed by atoms with van der Waals surface area (Å²) in [6.07, 6.45) is 2.99. The van der Waals surface area contributed by atoms with Crippen LogP contribution in [0.1, 0.15) is 35.2 Å². The quantitative estimate of drug-likeness (QED) is 0.325. The van der Waals surface area contributed by atoms with Crippen molar-refractivity contribution in [1.82, 2.24) is 0 Å². The van der Waals surface area contributed by atoms with Gasteiger partial charge in [0.1, 0.15) is 12.0 Å². The number of fused-ring (bicyclic) bond motifs is 1. The zero-order valence-corrected chi connectivity index (χ0v) is 15.5. The third-order valence-electron chi connectivity index (χ3n) is 4.67. The fourth-order valence-corrected chi connectivity index (χ4v) is 3.26. The lowest BCUT2D eigenvalue weighted by Gasteiger charge is -2.15. The van der Waals surface area contributed by atoms with E-state index in [4.69, 9.17) is 4.74 Å². The summed E-state index contributed by atoms with van der Waals surface area (Å²) in [4.78, 5) is 24.3. The highest BCUT2D eigenvalue weighted by Crippen LogP contribution is 2.29. The van der Waals surface area contributed by atoms with Gasteiger partial charge in [0, 0.05) is 17.9 Å². The van der Waals surface area contributed by atoms with Gasteiger partial charge in [-0.15, -0.1) is 0 Å². The normalized spacial score (nSPS) is 12.6. The van der Waals surface area contributed by atoms with Crippen LogP contribution in [0.25, 0.3) is 10.8 Å². The van der Waals surface area contributed by atoms with Crippen LogP contribution in [0.3, 0.4) is 0 Å². The van der Waals surface area contributed by atoms with Crippen LogP contribution in [0.15, 0.2) is 78.4 Å². The molecule has 0 bridgehead atoms. The number of ketones is 1. The number of hydrogen-bond donors (Lipinski definition) is 0. The predicted octanol–water partition coefficient (Wildman–Crippen LogP) is 5.35. The molecule has 3 aromatic carbocycles. The van der Waals surface area contributed by atoms with Crippen LogP contribution in [-0.4, -0.2) is 19.2 Å². The first kappa shape index (κ1) is 18.6. The molecule has 1 atom stereocenters. The van der Waals surface area contributed by atoms with Crippen molar-refractivity contribution in [3.63, 3.8) is 0 Å². The molecule has 1 unspecified atom stereocenters. The van der Waals surface area contributed by atoms with Gasteiger partial charge in [-0.25, -0.2) is 0 Å². The van der Waals surface area contributed by atoms with Crippen LogP contribution in [0, 0.1) is 0 Å². The van der Waals surface area contributed by atoms with E-state index in [1.54, 1.807) is 14.0 Å². The molecule has 27 heavy (non-hydrogen) atoms. The molecule has 3 aromatic rings. The van der Waals surface area contributed by atoms with Gasteiger partial charge in [0.15, 0.2) is 5.78 Å². The Hall–Kier alpha value is -3.20. The van der Waals surface area contributed by atoms with Gasteiger partial charge in [-0.2, -0.15) is 0 Å². The highest BCUT2D eigenvalue weighted by atomic mass is 16.5. The minimum absolute atomic E-state index is 0.0395. The number of allylic oxidation sites excluding steroid dienone is 2. The van der Waals surface area contributed by atoms with E-state index in [1.807, 2.05) is 72.8 Å². The van der Waals surface area contributed by atoms with Gasteiger partial charge in [0.05, 0.1) is 7.11 Å². The zero-order chi connectivity index (χ0) is 19.2. The fraction of sp³-hybridized carbons (Fsp3) is 0.167. The first-order valence-corrected chi connectivity index (χ1v) is 8.91. The monoisotopic (exact) mass is 358 g/mol. The maximum Gasteiger partial charge on any atom is 0.164 e. The van der Waals surface area contributed by atoms with Gasteiger partial charge < -0.3 is 4.74 Å². The fourth-order valence-electron chi connectivity index (χ4n) is 3.26. The molecule has 0 fully saturated rings. The minimum Gasteiger partial charge on any atom is -0.497 e. The van der Waals surface area contributed by atoms with Crippen molar-refractivity contribution in [3.8, 4) is 5.75 Å². The molecule has 0 aliphatic heterocycles. The Morgan fingerprint density at radius 3 is 2.52 bits per heavy atom. The van der Waals surface area contributed by atoms with Crippen LogP contribution >= 0.6 is 0 Å². The van der Waals surface area contributed by atoms with Gasteiger partial charge in [0.2, 0.25) is 0 Å². The SMILES string of the molecule is COc1ccc2cccc(C(=O)CC(C=C(C)C=O)c3ccccc3)c2c1. The van der Waals surface area contributed by atoms with Gasteiger partial charge in [-0.3, -0.25) is 9.59 Å². The number of rotatable bonds is 7. The summed E-state index contributed by atoms with van der Waals surface area (Å²) in [5, 5.41) is 1.88.